The van der Waals surface area contributed by atoms with E-state index >= 15 is 0 Å². The number of methoxy groups -OCH3 is 1. The van der Waals surface area contributed by atoms with Crippen LogP contribution >= 0.6 is 0 Å². The number of hydrogen-bond donors (Lipinski definition) is 1. The van der Waals surface area contributed by atoms with Crippen LogP contribution in [0.25, 0.3) is 0 Å². The molecule has 3 saturated heterocycles. The van der Waals surface area contributed by atoms with Crippen molar-refractivity contribution in [3.63, 3.8) is 0 Å². The van der Waals surface area contributed by atoms with Gasteiger partial charge in [-0.1, -0.05) is 0 Å². The molecule has 3 fully saturated rings. The van der Waals surface area contributed by atoms with Crippen LogP contribution in [-0.4, -0.2) is 44.2 Å². The average molecular weight is 233 g/mol. The van der Waals surface area contributed by atoms with Crippen molar-refractivity contribution in [3.8, 4) is 5.75 Å². The summed E-state index contributed by atoms with van der Waals surface area (Å²) in [7, 11) is 3.92. The molecule has 0 aliphatic carbocycles. The highest BCUT2D eigenvalue weighted by molar-refractivity contribution is 5.64. The summed E-state index contributed by atoms with van der Waals surface area (Å²) in [5, 5.41) is 0. The molecule has 2 N–H and O–H groups in total. The zero-order chi connectivity index (χ0) is 12.0. The zero-order valence-electron chi connectivity index (χ0n) is 10.4. The normalized spacial score (nSPS) is 27.8. The first-order chi connectivity index (χ1) is 8.19. The van der Waals surface area contributed by atoms with Gasteiger partial charge in [0.05, 0.1) is 12.8 Å². The number of anilines is 2. The Morgan fingerprint density at radius 2 is 2.00 bits per heavy atom. The highest BCUT2D eigenvalue weighted by Crippen LogP contribution is 2.37. The van der Waals surface area contributed by atoms with Crippen LogP contribution in [-0.2, 0) is 0 Å². The monoisotopic (exact) mass is 233 g/mol. The van der Waals surface area contributed by atoms with E-state index in [0.717, 1.165) is 24.5 Å². The number of benzene rings is 1. The molecule has 1 aromatic carbocycles. The quantitative estimate of drug-likeness (QED) is 0.779. The number of piperazine rings is 1. The lowest BCUT2D eigenvalue weighted by atomic mass is 9.88. The van der Waals surface area contributed by atoms with E-state index in [9.17, 15) is 0 Å². The lowest BCUT2D eigenvalue weighted by Gasteiger charge is -2.55. The number of piperidine rings is 1. The third-order valence-electron chi connectivity index (χ3n) is 4.10. The van der Waals surface area contributed by atoms with Crippen LogP contribution < -0.4 is 15.4 Å². The molecule has 1 aromatic rings. The topological polar surface area (TPSA) is 41.7 Å². The molecular formula is C13H19N3O. The minimum absolute atomic E-state index is 0.705. The van der Waals surface area contributed by atoms with E-state index < -0.39 is 0 Å². The van der Waals surface area contributed by atoms with Gasteiger partial charge >= 0.3 is 0 Å². The Kier molecular flexibility index (Phi) is 2.40. The van der Waals surface area contributed by atoms with E-state index in [4.69, 9.17) is 10.5 Å². The van der Waals surface area contributed by atoms with Crippen LogP contribution in [0, 0.1) is 0 Å². The van der Waals surface area contributed by atoms with E-state index in [2.05, 4.69) is 22.9 Å². The molecule has 4 heteroatoms. The minimum Gasteiger partial charge on any atom is -0.495 e. The summed E-state index contributed by atoms with van der Waals surface area (Å²) in [4.78, 5) is 4.89. The summed E-state index contributed by atoms with van der Waals surface area (Å²) in [6.45, 7) is 2.18. The van der Waals surface area contributed by atoms with Crippen LogP contribution in [0.1, 0.15) is 6.42 Å². The molecule has 0 spiro atoms. The number of fused-ring (bicyclic) bond motifs is 2. The second-order valence-electron chi connectivity index (χ2n) is 5.05. The molecule has 3 heterocycles. The third-order valence-corrected chi connectivity index (χ3v) is 4.10. The molecule has 2 atom stereocenters. The first kappa shape index (κ1) is 10.7. The molecule has 2 bridgehead atoms. The van der Waals surface area contributed by atoms with Crippen molar-refractivity contribution in [2.75, 3.05) is 37.9 Å². The standard InChI is InChI=1S/C13H19N3O/c1-15-10-6-11(15)8-16(7-10)12-4-3-9(14)5-13(12)17-2/h3-5,10-11H,6-8,14H2,1-2H3. The third kappa shape index (κ3) is 1.63. The Hall–Kier alpha value is -1.42. The fraction of sp³-hybridized carbons (Fsp3) is 0.538. The van der Waals surface area contributed by atoms with Crippen LogP contribution in [0.3, 0.4) is 0 Å². The van der Waals surface area contributed by atoms with Gasteiger partial charge in [0.2, 0.25) is 0 Å². The van der Waals surface area contributed by atoms with Gasteiger partial charge in [-0.05, 0) is 25.6 Å². The van der Waals surface area contributed by atoms with Crippen molar-refractivity contribution in [1.29, 1.82) is 0 Å². The van der Waals surface area contributed by atoms with Crippen molar-refractivity contribution in [3.05, 3.63) is 18.2 Å². The first-order valence-corrected chi connectivity index (χ1v) is 6.09. The molecule has 92 valence electrons. The van der Waals surface area contributed by atoms with Gasteiger partial charge in [-0.15, -0.1) is 0 Å². The van der Waals surface area contributed by atoms with Crippen LogP contribution in [0.15, 0.2) is 18.2 Å². The maximum Gasteiger partial charge on any atom is 0.144 e. The lowest BCUT2D eigenvalue weighted by Crippen LogP contribution is -2.67. The number of ether oxygens (including phenoxy) is 1. The fourth-order valence-electron chi connectivity index (χ4n) is 2.95. The smallest absolute Gasteiger partial charge is 0.144 e. The van der Waals surface area contributed by atoms with Crippen LogP contribution in [0.2, 0.25) is 0 Å². The Morgan fingerprint density at radius 1 is 1.29 bits per heavy atom. The summed E-state index contributed by atoms with van der Waals surface area (Å²) in [6.07, 6.45) is 1.34. The fourth-order valence-corrected chi connectivity index (χ4v) is 2.95. The highest BCUT2D eigenvalue weighted by atomic mass is 16.5. The summed E-state index contributed by atoms with van der Waals surface area (Å²) in [5.74, 6) is 0.883. The molecular weight excluding hydrogens is 214 g/mol. The number of likely N-dealkylation sites (N-methyl/N-ethyl adjacent to an activating group) is 1. The number of nitrogens with zero attached hydrogens (tertiary/aromatic N) is 2. The van der Waals surface area contributed by atoms with Crippen molar-refractivity contribution in [2.45, 2.75) is 18.5 Å². The van der Waals surface area contributed by atoms with Gasteiger partial charge in [0.25, 0.3) is 0 Å². The van der Waals surface area contributed by atoms with Gasteiger partial charge < -0.3 is 15.4 Å². The maximum absolute atomic E-state index is 5.78. The van der Waals surface area contributed by atoms with Crippen molar-refractivity contribution < 1.29 is 4.74 Å². The van der Waals surface area contributed by atoms with E-state index in [1.54, 1.807) is 7.11 Å². The Morgan fingerprint density at radius 3 is 2.59 bits per heavy atom. The maximum atomic E-state index is 5.78. The SMILES string of the molecule is COc1cc(N)ccc1N1CC2CC(C1)N2C. The second-order valence-corrected chi connectivity index (χ2v) is 5.05. The van der Waals surface area contributed by atoms with Crippen LogP contribution in [0.4, 0.5) is 11.4 Å². The summed E-state index contributed by atoms with van der Waals surface area (Å²) in [5.41, 5.74) is 7.71. The predicted octanol–water partition coefficient (Wildman–Crippen LogP) is 1.17. The molecule has 0 radical (unpaired) electrons. The zero-order valence-corrected chi connectivity index (χ0v) is 10.4. The molecule has 0 amide bonds. The van der Waals surface area contributed by atoms with Crippen molar-refractivity contribution in [1.82, 2.24) is 4.90 Å². The molecule has 0 saturated carbocycles. The molecule has 4 nitrogen and oxygen atoms in total. The molecule has 3 aliphatic rings. The van der Waals surface area contributed by atoms with Crippen LogP contribution in [0.5, 0.6) is 5.75 Å². The number of rotatable bonds is 2. The predicted molar refractivity (Wildman–Crippen MR) is 69.6 cm³/mol. The molecule has 0 aromatic heterocycles. The Bertz CT molecular complexity index is 423. The van der Waals surface area contributed by atoms with Gasteiger partial charge in [0, 0.05) is 36.9 Å². The number of hydrogen-bond acceptors (Lipinski definition) is 4. The van der Waals surface area contributed by atoms with Gasteiger partial charge in [-0.2, -0.15) is 0 Å². The second kappa shape index (κ2) is 3.81. The van der Waals surface area contributed by atoms with Crippen molar-refractivity contribution >= 4 is 11.4 Å². The Labute approximate surface area is 102 Å². The number of nitrogens with two attached hydrogens (primary N) is 1. The van der Waals surface area contributed by atoms with Gasteiger partial charge in [-0.3, -0.25) is 4.90 Å². The average Bonchev–Trinajstić information content (AvgIpc) is 2.38. The minimum atomic E-state index is 0.705. The molecule has 3 aliphatic heterocycles. The summed E-state index contributed by atoms with van der Waals surface area (Å²) in [6, 6.07) is 7.33. The lowest BCUT2D eigenvalue weighted by molar-refractivity contribution is 0.0262. The summed E-state index contributed by atoms with van der Waals surface area (Å²) >= 11 is 0. The number of nitrogen functional groups attached to an aromatic ring is 1. The van der Waals surface area contributed by atoms with Gasteiger partial charge in [0.1, 0.15) is 5.75 Å². The Balaban J connectivity index is 1.85. The van der Waals surface area contributed by atoms with E-state index in [-0.39, 0.29) is 0 Å². The molecule has 4 rings (SSSR count). The van der Waals surface area contributed by atoms with Gasteiger partial charge in [0.15, 0.2) is 0 Å². The molecule has 17 heavy (non-hydrogen) atoms. The van der Waals surface area contributed by atoms with E-state index in [0.29, 0.717) is 12.1 Å². The van der Waals surface area contributed by atoms with E-state index in [1.165, 1.54) is 12.1 Å². The van der Waals surface area contributed by atoms with Gasteiger partial charge in [-0.25, -0.2) is 0 Å². The molecule has 2 unspecified atom stereocenters. The highest BCUT2D eigenvalue weighted by Gasteiger charge is 2.42. The largest absolute Gasteiger partial charge is 0.495 e. The summed E-state index contributed by atoms with van der Waals surface area (Å²) < 4.78 is 5.42. The first-order valence-electron chi connectivity index (χ1n) is 6.09. The van der Waals surface area contributed by atoms with E-state index in [1.807, 2.05) is 12.1 Å². The van der Waals surface area contributed by atoms with Crippen molar-refractivity contribution in [2.24, 2.45) is 0 Å².